The highest BCUT2D eigenvalue weighted by molar-refractivity contribution is 5.85. The third kappa shape index (κ3) is 4.75. The fourth-order valence-corrected chi connectivity index (χ4v) is 4.25. The Morgan fingerprint density at radius 2 is 1.72 bits per heavy atom. The van der Waals surface area contributed by atoms with Crippen molar-refractivity contribution in [3.63, 3.8) is 0 Å². The van der Waals surface area contributed by atoms with Crippen molar-refractivity contribution in [3.05, 3.63) is 59.7 Å². The average Bonchev–Trinajstić information content (AvgIpc) is 3.14. The molecule has 0 bridgehead atoms. The average molecular weight is 438 g/mol. The van der Waals surface area contributed by atoms with Gasteiger partial charge in [-0.15, -0.1) is 0 Å². The van der Waals surface area contributed by atoms with Gasteiger partial charge in [0.15, 0.2) is 0 Å². The van der Waals surface area contributed by atoms with E-state index in [1.165, 1.54) is 5.06 Å². The predicted octanol–water partition coefficient (Wildman–Crippen LogP) is 3.31. The highest BCUT2D eigenvalue weighted by Gasteiger charge is 2.31. The summed E-state index contributed by atoms with van der Waals surface area (Å²) in [5, 5.41) is 12.8. The number of carboxylic acid groups (broad SMARTS) is 1. The number of hydrogen-bond donors (Lipinski definition) is 2. The van der Waals surface area contributed by atoms with Crippen LogP contribution in [0, 0.1) is 0 Å². The molecule has 32 heavy (non-hydrogen) atoms. The zero-order valence-corrected chi connectivity index (χ0v) is 17.7. The summed E-state index contributed by atoms with van der Waals surface area (Å²) in [5.41, 5.74) is 4.41. The molecule has 2 N–H and O–H groups in total. The molecule has 2 amide bonds. The molecular weight excluding hydrogens is 412 g/mol. The number of carbonyl (C=O) groups is 3. The van der Waals surface area contributed by atoms with Gasteiger partial charge in [-0.3, -0.25) is 14.4 Å². The van der Waals surface area contributed by atoms with Crippen LogP contribution in [-0.4, -0.2) is 53.9 Å². The van der Waals surface area contributed by atoms with E-state index in [4.69, 9.17) is 14.7 Å². The maximum atomic E-state index is 12.8. The SMILES string of the molecule is O=C(O)CCC(NC(=O)OCC1c2ccccc2-c2ccccc21)C(=O)N1CCCCO1. The Balaban J connectivity index is 1.42. The Bertz CT molecular complexity index is 956. The third-order valence-corrected chi connectivity index (χ3v) is 5.83. The molecule has 0 radical (unpaired) electrons. The lowest BCUT2D eigenvalue weighted by Gasteiger charge is -2.29. The Morgan fingerprint density at radius 3 is 2.31 bits per heavy atom. The van der Waals surface area contributed by atoms with Gasteiger partial charge in [0.25, 0.3) is 5.91 Å². The second kappa shape index (κ2) is 9.82. The largest absolute Gasteiger partial charge is 0.481 e. The van der Waals surface area contributed by atoms with E-state index in [0.29, 0.717) is 13.2 Å². The number of rotatable bonds is 7. The van der Waals surface area contributed by atoms with E-state index in [1.54, 1.807) is 0 Å². The zero-order valence-electron chi connectivity index (χ0n) is 17.7. The van der Waals surface area contributed by atoms with Gasteiger partial charge in [0.05, 0.1) is 6.61 Å². The van der Waals surface area contributed by atoms with E-state index in [1.807, 2.05) is 48.5 Å². The molecule has 0 spiro atoms. The normalized spacial score (nSPS) is 16.1. The standard InChI is InChI=1S/C24H26N2O6/c27-22(28)12-11-21(23(29)26-13-5-6-14-32-26)25-24(30)31-15-20-18-9-3-1-7-16(18)17-8-2-4-10-19(17)20/h1-4,7-10,20-21H,5-6,11-15H2,(H,25,30)(H,27,28). The number of nitrogens with zero attached hydrogens (tertiary/aromatic N) is 1. The molecule has 1 atom stereocenters. The molecule has 0 aromatic heterocycles. The minimum Gasteiger partial charge on any atom is -0.481 e. The van der Waals surface area contributed by atoms with Gasteiger partial charge in [-0.05, 0) is 41.5 Å². The van der Waals surface area contributed by atoms with Gasteiger partial charge in [-0.25, -0.2) is 9.86 Å². The van der Waals surface area contributed by atoms with Crippen LogP contribution in [0.3, 0.4) is 0 Å². The van der Waals surface area contributed by atoms with E-state index < -0.39 is 24.0 Å². The molecule has 0 saturated carbocycles. The lowest BCUT2D eigenvalue weighted by Crippen LogP contribution is -2.50. The van der Waals surface area contributed by atoms with E-state index in [2.05, 4.69) is 5.32 Å². The van der Waals surface area contributed by atoms with Crippen LogP contribution in [0.4, 0.5) is 4.79 Å². The van der Waals surface area contributed by atoms with Gasteiger partial charge in [-0.2, -0.15) is 0 Å². The molecule has 1 heterocycles. The molecule has 2 aromatic carbocycles. The third-order valence-electron chi connectivity index (χ3n) is 5.83. The van der Waals surface area contributed by atoms with E-state index >= 15 is 0 Å². The number of aliphatic carboxylic acids is 1. The van der Waals surface area contributed by atoms with Crippen LogP contribution in [0.2, 0.25) is 0 Å². The minimum absolute atomic E-state index is 0.0434. The molecule has 168 valence electrons. The maximum Gasteiger partial charge on any atom is 0.407 e. The fourth-order valence-electron chi connectivity index (χ4n) is 4.25. The highest BCUT2D eigenvalue weighted by Crippen LogP contribution is 2.44. The van der Waals surface area contributed by atoms with Gasteiger partial charge in [0.1, 0.15) is 12.6 Å². The van der Waals surface area contributed by atoms with Crippen LogP contribution >= 0.6 is 0 Å². The Labute approximate surface area is 186 Å². The maximum absolute atomic E-state index is 12.8. The number of fused-ring (bicyclic) bond motifs is 3. The van der Waals surface area contributed by atoms with Crippen molar-refractivity contribution in [1.82, 2.24) is 10.4 Å². The highest BCUT2D eigenvalue weighted by atomic mass is 16.7. The second-order valence-electron chi connectivity index (χ2n) is 7.94. The summed E-state index contributed by atoms with van der Waals surface area (Å²) in [7, 11) is 0. The summed E-state index contributed by atoms with van der Waals surface area (Å²) in [6.45, 7) is 0.941. The number of alkyl carbamates (subject to hydrolysis) is 1. The number of carboxylic acids is 1. The smallest absolute Gasteiger partial charge is 0.407 e. The fraction of sp³-hybridized carbons (Fsp3) is 0.375. The molecule has 1 aliphatic heterocycles. The van der Waals surface area contributed by atoms with Gasteiger partial charge in [-0.1, -0.05) is 48.5 Å². The number of carbonyl (C=O) groups excluding carboxylic acids is 2. The predicted molar refractivity (Wildman–Crippen MR) is 116 cm³/mol. The van der Waals surface area contributed by atoms with Crippen LogP contribution < -0.4 is 5.32 Å². The van der Waals surface area contributed by atoms with Crippen molar-refractivity contribution < 1.29 is 29.1 Å². The number of hydroxylamine groups is 2. The van der Waals surface area contributed by atoms with Crippen LogP contribution in [0.15, 0.2) is 48.5 Å². The van der Waals surface area contributed by atoms with Gasteiger partial charge < -0.3 is 15.2 Å². The van der Waals surface area contributed by atoms with Gasteiger partial charge in [0, 0.05) is 18.9 Å². The van der Waals surface area contributed by atoms with Crippen molar-refractivity contribution in [2.45, 2.75) is 37.6 Å². The molecule has 4 rings (SSSR count). The quantitative estimate of drug-likeness (QED) is 0.687. The molecule has 1 aliphatic carbocycles. The molecule has 1 saturated heterocycles. The summed E-state index contributed by atoms with van der Waals surface area (Å²) in [6.07, 6.45) is 0.588. The summed E-state index contributed by atoms with van der Waals surface area (Å²) in [6, 6.07) is 15.0. The summed E-state index contributed by atoms with van der Waals surface area (Å²) < 4.78 is 5.51. The summed E-state index contributed by atoms with van der Waals surface area (Å²) in [4.78, 5) is 41.7. The summed E-state index contributed by atoms with van der Waals surface area (Å²) >= 11 is 0. The Kier molecular flexibility index (Phi) is 6.70. The zero-order chi connectivity index (χ0) is 22.5. The molecule has 8 nitrogen and oxygen atoms in total. The molecule has 1 fully saturated rings. The molecule has 2 aromatic rings. The molecule has 2 aliphatic rings. The molecule has 1 unspecified atom stereocenters. The first kappa shape index (κ1) is 21.8. The van der Waals surface area contributed by atoms with Crippen molar-refractivity contribution in [2.75, 3.05) is 19.8 Å². The lowest BCUT2D eigenvalue weighted by atomic mass is 9.98. The number of nitrogens with one attached hydrogen (secondary N) is 1. The first-order valence-corrected chi connectivity index (χ1v) is 10.8. The molecule has 8 heteroatoms. The van der Waals surface area contributed by atoms with Crippen molar-refractivity contribution in [1.29, 1.82) is 0 Å². The second-order valence-corrected chi connectivity index (χ2v) is 7.94. The van der Waals surface area contributed by atoms with Crippen LogP contribution in [0.25, 0.3) is 11.1 Å². The Hall–Kier alpha value is -3.39. The first-order valence-electron chi connectivity index (χ1n) is 10.8. The van der Waals surface area contributed by atoms with Crippen LogP contribution in [0.5, 0.6) is 0 Å². The lowest BCUT2D eigenvalue weighted by molar-refractivity contribution is -0.199. The van der Waals surface area contributed by atoms with E-state index in [0.717, 1.165) is 35.1 Å². The van der Waals surface area contributed by atoms with Crippen molar-refractivity contribution >= 4 is 18.0 Å². The number of hydrogen-bond acceptors (Lipinski definition) is 5. The van der Waals surface area contributed by atoms with Crippen LogP contribution in [0.1, 0.15) is 42.7 Å². The Morgan fingerprint density at radius 1 is 1.06 bits per heavy atom. The van der Waals surface area contributed by atoms with E-state index in [9.17, 15) is 14.4 Å². The number of amides is 2. The number of ether oxygens (including phenoxy) is 1. The van der Waals surface area contributed by atoms with Crippen LogP contribution in [-0.2, 0) is 19.2 Å². The van der Waals surface area contributed by atoms with Crippen molar-refractivity contribution in [3.8, 4) is 11.1 Å². The molecular formula is C24H26N2O6. The summed E-state index contributed by atoms with van der Waals surface area (Å²) in [5.74, 6) is -1.61. The van der Waals surface area contributed by atoms with Gasteiger partial charge in [0.2, 0.25) is 0 Å². The van der Waals surface area contributed by atoms with E-state index in [-0.39, 0.29) is 25.4 Å². The monoisotopic (exact) mass is 438 g/mol. The first-order chi connectivity index (χ1) is 15.5. The minimum atomic E-state index is -1.04. The number of benzene rings is 2. The van der Waals surface area contributed by atoms with Gasteiger partial charge >= 0.3 is 12.1 Å². The topological polar surface area (TPSA) is 105 Å². The van der Waals surface area contributed by atoms with Crippen molar-refractivity contribution in [2.24, 2.45) is 0 Å².